The number of unbranched alkanes of at least 4 members (excludes halogenated alkanes) is 1. The molecule has 1 aromatic rings. The highest BCUT2D eigenvalue weighted by atomic mass is 19.4. The van der Waals surface area contributed by atoms with Crippen molar-refractivity contribution in [3.8, 4) is 0 Å². The van der Waals surface area contributed by atoms with Crippen LogP contribution in [0.5, 0.6) is 0 Å². The van der Waals surface area contributed by atoms with Crippen LogP contribution in [0, 0.1) is 5.92 Å². The van der Waals surface area contributed by atoms with Gasteiger partial charge in [0, 0.05) is 12.8 Å². The van der Waals surface area contributed by atoms with Gasteiger partial charge in [0.15, 0.2) is 0 Å². The van der Waals surface area contributed by atoms with E-state index in [1.165, 1.54) is 19.2 Å². The second-order valence-electron chi connectivity index (χ2n) is 7.01. The Morgan fingerprint density at radius 3 is 2.38 bits per heavy atom. The minimum atomic E-state index is -4.35. The number of nitrogens with zero attached hydrogens (tertiary/aromatic N) is 1. The van der Waals surface area contributed by atoms with Crippen molar-refractivity contribution in [2.24, 2.45) is 11.1 Å². The number of methoxy groups -OCH3 is 1. The Bertz CT molecular complexity index is 695. The summed E-state index contributed by atoms with van der Waals surface area (Å²) in [5, 5.41) is 3.95. The molecule has 6 nitrogen and oxygen atoms in total. The van der Waals surface area contributed by atoms with Crippen LogP contribution in [0.25, 0.3) is 0 Å². The van der Waals surface area contributed by atoms with Crippen LogP contribution in [-0.4, -0.2) is 44.4 Å². The van der Waals surface area contributed by atoms with Gasteiger partial charge in [0.1, 0.15) is 6.61 Å². The first-order valence-electron chi connectivity index (χ1n) is 9.36. The van der Waals surface area contributed by atoms with Crippen molar-refractivity contribution >= 4 is 11.7 Å². The van der Waals surface area contributed by atoms with E-state index in [2.05, 4.69) is 9.89 Å². The third-order valence-corrected chi connectivity index (χ3v) is 4.67. The van der Waals surface area contributed by atoms with E-state index in [1.54, 1.807) is 13.8 Å². The molecule has 1 aliphatic rings. The maximum atomic E-state index is 12.6. The number of hydrogen-bond acceptors (Lipinski definition) is 6. The lowest BCUT2D eigenvalue weighted by atomic mass is 10.0. The van der Waals surface area contributed by atoms with Gasteiger partial charge in [-0.25, -0.2) is 4.79 Å². The Kier molecular flexibility index (Phi) is 8.04. The third-order valence-electron chi connectivity index (χ3n) is 4.67. The molecule has 1 fully saturated rings. The minimum Gasteiger partial charge on any atom is -0.465 e. The van der Waals surface area contributed by atoms with Crippen molar-refractivity contribution < 1.29 is 37.0 Å². The molecule has 29 heavy (non-hydrogen) atoms. The van der Waals surface area contributed by atoms with E-state index < -0.39 is 23.5 Å². The van der Waals surface area contributed by atoms with Crippen LogP contribution >= 0.6 is 0 Å². The largest absolute Gasteiger partial charge is 0.465 e. The molecule has 1 aliphatic heterocycles. The number of oxime groups is 1. The minimum absolute atomic E-state index is 0.185. The maximum Gasteiger partial charge on any atom is 0.416 e. The summed E-state index contributed by atoms with van der Waals surface area (Å²) in [6, 6.07) is 4.79. The zero-order valence-electron chi connectivity index (χ0n) is 16.8. The van der Waals surface area contributed by atoms with Gasteiger partial charge in [-0.1, -0.05) is 17.3 Å². The number of esters is 1. The Labute approximate surface area is 167 Å². The smallest absolute Gasteiger partial charge is 0.416 e. The fourth-order valence-electron chi connectivity index (χ4n) is 2.81. The molecular weight excluding hydrogens is 391 g/mol. The average molecular weight is 417 g/mol. The van der Waals surface area contributed by atoms with E-state index in [9.17, 15) is 18.0 Å². The maximum absolute atomic E-state index is 12.6. The predicted octanol–water partition coefficient (Wildman–Crippen LogP) is 4.17. The molecule has 0 aliphatic carbocycles. The van der Waals surface area contributed by atoms with Crippen molar-refractivity contribution in [1.29, 1.82) is 0 Å². The number of hydrogen-bond donors (Lipinski definition) is 0. The molecule has 0 unspecified atom stereocenters. The highest BCUT2D eigenvalue weighted by Gasteiger charge is 2.41. The van der Waals surface area contributed by atoms with Gasteiger partial charge in [-0.3, -0.25) is 0 Å². The monoisotopic (exact) mass is 417 g/mol. The Hall–Kier alpha value is -2.13. The number of carbonyl (C=O) groups is 1. The summed E-state index contributed by atoms with van der Waals surface area (Å²) in [7, 11) is 1.29. The summed E-state index contributed by atoms with van der Waals surface area (Å²) in [6.07, 6.45) is -1.88. The lowest BCUT2D eigenvalue weighted by molar-refractivity contribution is -0.272. The quantitative estimate of drug-likeness (QED) is 0.275. The normalized spacial score (nSPS) is 23.0. The van der Waals surface area contributed by atoms with Crippen molar-refractivity contribution in [3.05, 3.63) is 35.4 Å². The molecule has 0 aromatic heterocycles. The summed E-state index contributed by atoms with van der Waals surface area (Å²) in [5.74, 6) is -1.70. The Balaban J connectivity index is 1.65. The van der Waals surface area contributed by atoms with Gasteiger partial charge in [-0.15, -0.1) is 0 Å². The van der Waals surface area contributed by atoms with Crippen LogP contribution in [0.3, 0.4) is 0 Å². The second-order valence-corrected chi connectivity index (χ2v) is 7.01. The van der Waals surface area contributed by atoms with E-state index in [0.29, 0.717) is 31.1 Å². The second kappa shape index (κ2) is 10.1. The zero-order chi connectivity index (χ0) is 21.5. The molecule has 0 N–H and O–H groups in total. The molecule has 1 heterocycles. The van der Waals surface area contributed by atoms with Gasteiger partial charge >= 0.3 is 12.1 Å². The number of rotatable bonds is 8. The lowest BCUT2D eigenvalue weighted by Crippen LogP contribution is -2.48. The Morgan fingerprint density at radius 1 is 1.21 bits per heavy atom. The van der Waals surface area contributed by atoms with Crippen molar-refractivity contribution in [2.75, 3.05) is 26.9 Å². The van der Waals surface area contributed by atoms with Crippen molar-refractivity contribution in [2.45, 2.75) is 45.1 Å². The third kappa shape index (κ3) is 6.71. The van der Waals surface area contributed by atoms with Gasteiger partial charge in [0.2, 0.25) is 0 Å². The molecule has 0 amide bonds. The van der Waals surface area contributed by atoms with Gasteiger partial charge in [0.05, 0.1) is 31.6 Å². The van der Waals surface area contributed by atoms with E-state index >= 15 is 0 Å². The number of halogens is 3. The number of alkyl halides is 3. The zero-order valence-corrected chi connectivity index (χ0v) is 16.8. The molecule has 2 rings (SSSR count). The van der Waals surface area contributed by atoms with Gasteiger partial charge in [0.25, 0.3) is 5.79 Å². The molecule has 0 atom stereocenters. The fourth-order valence-corrected chi connectivity index (χ4v) is 2.81. The van der Waals surface area contributed by atoms with Crippen LogP contribution < -0.4 is 0 Å². The van der Waals surface area contributed by atoms with E-state index in [4.69, 9.17) is 14.3 Å². The van der Waals surface area contributed by atoms with Crippen molar-refractivity contribution in [3.63, 3.8) is 0 Å². The highest BCUT2D eigenvalue weighted by Crippen LogP contribution is 2.29. The molecule has 0 saturated carbocycles. The standard InChI is InChI=1S/C20H26F3NO5/c1-14(16-7-9-17(10-8-16)20(21,22)23)24-29-11-5-4-6-15-12-27-19(2,28-13-15)18(25)26-3/h7-10,15H,4-6,11-13H2,1-3H3. The molecular formula is C20H26F3NO5. The first kappa shape index (κ1) is 23.2. The summed E-state index contributed by atoms with van der Waals surface area (Å²) < 4.78 is 53.4. The molecule has 0 spiro atoms. The molecule has 9 heteroatoms. The average Bonchev–Trinajstić information content (AvgIpc) is 2.70. The number of benzene rings is 1. The highest BCUT2D eigenvalue weighted by molar-refractivity contribution is 5.98. The fraction of sp³-hybridized carbons (Fsp3) is 0.600. The molecule has 162 valence electrons. The van der Waals surface area contributed by atoms with Crippen LogP contribution in [0.4, 0.5) is 13.2 Å². The molecule has 1 saturated heterocycles. The van der Waals surface area contributed by atoms with Gasteiger partial charge in [-0.2, -0.15) is 13.2 Å². The number of carbonyl (C=O) groups excluding carboxylic acids is 1. The predicted molar refractivity (Wildman–Crippen MR) is 99.3 cm³/mol. The van der Waals surface area contributed by atoms with Gasteiger partial charge < -0.3 is 19.0 Å². The summed E-state index contributed by atoms with van der Waals surface area (Å²) in [4.78, 5) is 16.9. The van der Waals surface area contributed by atoms with Crippen LogP contribution in [-0.2, 0) is 30.0 Å². The lowest BCUT2D eigenvalue weighted by Gasteiger charge is -2.35. The molecule has 0 bridgehead atoms. The SMILES string of the molecule is COC(=O)C1(C)OCC(CCCCON=C(C)c2ccc(C(F)(F)F)cc2)CO1. The van der Waals surface area contributed by atoms with Crippen LogP contribution in [0.1, 0.15) is 44.2 Å². The van der Waals surface area contributed by atoms with Gasteiger partial charge in [-0.05, 0) is 43.9 Å². The van der Waals surface area contributed by atoms with E-state index in [-0.39, 0.29) is 5.92 Å². The summed E-state index contributed by atoms with van der Waals surface area (Å²) in [5.41, 5.74) is 0.385. The first-order valence-corrected chi connectivity index (χ1v) is 9.36. The van der Waals surface area contributed by atoms with E-state index in [1.807, 2.05) is 0 Å². The number of ether oxygens (including phenoxy) is 3. The van der Waals surface area contributed by atoms with Crippen LogP contribution in [0.15, 0.2) is 29.4 Å². The van der Waals surface area contributed by atoms with E-state index in [0.717, 1.165) is 31.4 Å². The van der Waals surface area contributed by atoms with Crippen LogP contribution in [0.2, 0.25) is 0 Å². The molecule has 1 aromatic carbocycles. The molecule has 0 radical (unpaired) electrons. The first-order chi connectivity index (χ1) is 13.7. The van der Waals surface area contributed by atoms with Crippen molar-refractivity contribution in [1.82, 2.24) is 0 Å². The Morgan fingerprint density at radius 2 is 1.83 bits per heavy atom. The topological polar surface area (TPSA) is 66.4 Å². The summed E-state index contributed by atoms with van der Waals surface area (Å²) >= 11 is 0. The summed E-state index contributed by atoms with van der Waals surface area (Å²) in [6.45, 7) is 4.44.